The number of hydrogen-bond acceptors (Lipinski definition) is 3. The van der Waals surface area contributed by atoms with Crippen LogP contribution in [0.25, 0.3) is 0 Å². The lowest BCUT2D eigenvalue weighted by Gasteiger charge is -2.32. The van der Waals surface area contributed by atoms with E-state index in [2.05, 4.69) is 33.1 Å². The Bertz CT molecular complexity index is 509. The topological polar surface area (TPSA) is 50.2 Å². The summed E-state index contributed by atoms with van der Waals surface area (Å²) in [5.74, 6) is 0.937. The van der Waals surface area contributed by atoms with Gasteiger partial charge in [-0.2, -0.15) is 5.10 Å². The van der Waals surface area contributed by atoms with Crippen LogP contribution in [0.4, 0.5) is 0 Å². The molecular formula is C18H30N4O. The van der Waals surface area contributed by atoms with Crippen molar-refractivity contribution in [2.45, 2.75) is 69.9 Å². The standard InChI is InChI=1S/C18H30N4O/c1-21-13-3-2-5-16(21)8-9-18(23)19-11-4-14-22-17(10-12-20-22)15-6-7-15/h10,12,15-16H,2-9,11,13-14H2,1H3,(H,19,23)/t16-/m0/s1. The summed E-state index contributed by atoms with van der Waals surface area (Å²) in [6, 6.07) is 2.73. The normalized spacial score (nSPS) is 22.2. The molecule has 1 amide bonds. The van der Waals surface area contributed by atoms with E-state index < -0.39 is 0 Å². The van der Waals surface area contributed by atoms with Gasteiger partial charge < -0.3 is 10.2 Å². The van der Waals surface area contributed by atoms with Gasteiger partial charge in [-0.1, -0.05) is 6.42 Å². The van der Waals surface area contributed by atoms with Crippen molar-refractivity contribution in [1.29, 1.82) is 0 Å². The van der Waals surface area contributed by atoms with Gasteiger partial charge >= 0.3 is 0 Å². The Balaban J connectivity index is 1.29. The minimum Gasteiger partial charge on any atom is -0.356 e. The van der Waals surface area contributed by atoms with Crippen LogP contribution in [0, 0.1) is 0 Å². The molecule has 2 fully saturated rings. The highest BCUT2D eigenvalue weighted by molar-refractivity contribution is 5.75. The summed E-state index contributed by atoms with van der Waals surface area (Å²) in [5.41, 5.74) is 1.37. The lowest BCUT2D eigenvalue weighted by Crippen LogP contribution is -2.37. The van der Waals surface area contributed by atoms with E-state index in [4.69, 9.17) is 0 Å². The van der Waals surface area contributed by atoms with Crippen LogP contribution in [0.3, 0.4) is 0 Å². The SMILES string of the molecule is CN1CCCC[C@H]1CCC(=O)NCCCn1nccc1C1CC1. The molecule has 1 saturated carbocycles. The van der Waals surface area contributed by atoms with Crippen molar-refractivity contribution < 1.29 is 4.79 Å². The zero-order valence-corrected chi connectivity index (χ0v) is 14.3. The average Bonchev–Trinajstić information content (AvgIpc) is 3.29. The molecular weight excluding hydrogens is 288 g/mol. The number of aryl methyl sites for hydroxylation is 1. The largest absolute Gasteiger partial charge is 0.356 e. The second-order valence-corrected chi connectivity index (χ2v) is 7.13. The first-order chi connectivity index (χ1) is 11.2. The molecule has 1 aromatic heterocycles. The average molecular weight is 318 g/mol. The van der Waals surface area contributed by atoms with Crippen molar-refractivity contribution >= 4 is 5.91 Å². The van der Waals surface area contributed by atoms with Crippen LogP contribution in [0.5, 0.6) is 0 Å². The molecule has 1 atom stereocenters. The van der Waals surface area contributed by atoms with Crippen LogP contribution in [-0.2, 0) is 11.3 Å². The van der Waals surface area contributed by atoms with E-state index in [0.717, 1.165) is 31.8 Å². The van der Waals surface area contributed by atoms with Crippen LogP contribution in [0.15, 0.2) is 12.3 Å². The first-order valence-electron chi connectivity index (χ1n) is 9.22. The number of piperidine rings is 1. The molecule has 1 aromatic rings. The third-order valence-electron chi connectivity index (χ3n) is 5.24. The molecule has 1 saturated heterocycles. The Hall–Kier alpha value is -1.36. The Morgan fingerprint density at radius 2 is 2.22 bits per heavy atom. The minimum atomic E-state index is 0.201. The quantitative estimate of drug-likeness (QED) is 0.749. The predicted octanol–water partition coefficient (Wildman–Crippen LogP) is 2.53. The Labute approximate surface area is 139 Å². The molecule has 5 heteroatoms. The van der Waals surface area contributed by atoms with Gasteiger partial charge in [0, 0.05) is 43.4 Å². The van der Waals surface area contributed by atoms with Gasteiger partial charge in [0.25, 0.3) is 0 Å². The number of amides is 1. The smallest absolute Gasteiger partial charge is 0.220 e. The minimum absolute atomic E-state index is 0.201. The number of carbonyl (C=O) groups excluding carboxylic acids is 1. The third-order valence-corrected chi connectivity index (χ3v) is 5.24. The molecule has 0 radical (unpaired) electrons. The highest BCUT2D eigenvalue weighted by Crippen LogP contribution is 2.39. The van der Waals surface area contributed by atoms with E-state index in [0.29, 0.717) is 12.5 Å². The number of carbonyl (C=O) groups is 1. The summed E-state index contributed by atoms with van der Waals surface area (Å²) in [5, 5.41) is 7.46. The molecule has 1 N–H and O–H groups in total. The molecule has 2 heterocycles. The lowest BCUT2D eigenvalue weighted by atomic mass is 9.98. The Morgan fingerprint density at radius 3 is 3.00 bits per heavy atom. The highest BCUT2D eigenvalue weighted by atomic mass is 16.1. The van der Waals surface area contributed by atoms with Crippen molar-refractivity contribution in [3.8, 4) is 0 Å². The fourth-order valence-corrected chi connectivity index (χ4v) is 3.61. The zero-order chi connectivity index (χ0) is 16.1. The highest BCUT2D eigenvalue weighted by Gasteiger charge is 2.26. The number of hydrogen-bond donors (Lipinski definition) is 1. The first kappa shape index (κ1) is 16.5. The maximum Gasteiger partial charge on any atom is 0.220 e. The molecule has 128 valence electrons. The molecule has 2 aliphatic rings. The van der Waals surface area contributed by atoms with Crippen LogP contribution in [0.1, 0.15) is 63.0 Å². The van der Waals surface area contributed by atoms with Crippen molar-refractivity contribution in [1.82, 2.24) is 20.0 Å². The number of likely N-dealkylation sites (tertiary alicyclic amines) is 1. The van der Waals surface area contributed by atoms with Gasteiger partial charge in [-0.3, -0.25) is 9.48 Å². The van der Waals surface area contributed by atoms with E-state index in [1.54, 1.807) is 0 Å². The maximum absolute atomic E-state index is 12.0. The van der Waals surface area contributed by atoms with Gasteiger partial charge in [0.15, 0.2) is 0 Å². The van der Waals surface area contributed by atoms with E-state index in [-0.39, 0.29) is 5.91 Å². The molecule has 0 bridgehead atoms. The summed E-state index contributed by atoms with van der Waals surface area (Å²) < 4.78 is 2.11. The van der Waals surface area contributed by atoms with Crippen LogP contribution >= 0.6 is 0 Å². The second kappa shape index (κ2) is 7.95. The van der Waals surface area contributed by atoms with Crippen molar-refractivity contribution in [3.05, 3.63) is 18.0 Å². The summed E-state index contributed by atoms with van der Waals surface area (Å²) >= 11 is 0. The third kappa shape index (κ3) is 4.80. The summed E-state index contributed by atoms with van der Waals surface area (Å²) in [7, 11) is 2.18. The van der Waals surface area contributed by atoms with Gasteiger partial charge in [-0.25, -0.2) is 0 Å². The van der Waals surface area contributed by atoms with Gasteiger partial charge in [-0.05, 0) is 58.2 Å². The van der Waals surface area contributed by atoms with Gasteiger partial charge in [0.2, 0.25) is 5.91 Å². The summed E-state index contributed by atoms with van der Waals surface area (Å²) in [6.07, 6.45) is 11.0. The van der Waals surface area contributed by atoms with E-state index >= 15 is 0 Å². The predicted molar refractivity (Wildman–Crippen MR) is 91.3 cm³/mol. The maximum atomic E-state index is 12.0. The van der Waals surface area contributed by atoms with Crippen LogP contribution in [-0.4, -0.2) is 46.8 Å². The monoisotopic (exact) mass is 318 g/mol. The van der Waals surface area contributed by atoms with Crippen molar-refractivity contribution in [2.75, 3.05) is 20.1 Å². The second-order valence-electron chi connectivity index (χ2n) is 7.13. The fraction of sp³-hybridized carbons (Fsp3) is 0.778. The number of nitrogens with one attached hydrogen (secondary N) is 1. The molecule has 0 unspecified atom stereocenters. The lowest BCUT2D eigenvalue weighted by molar-refractivity contribution is -0.121. The molecule has 3 rings (SSSR count). The molecule has 23 heavy (non-hydrogen) atoms. The number of aromatic nitrogens is 2. The molecule has 1 aliphatic carbocycles. The van der Waals surface area contributed by atoms with Crippen molar-refractivity contribution in [3.63, 3.8) is 0 Å². The van der Waals surface area contributed by atoms with Gasteiger partial charge in [0.05, 0.1) is 0 Å². The van der Waals surface area contributed by atoms with Crippen LogP contribution < -0.4 is 5.32 Å². The number of rotatable bonds is 8. The molecule has 1 aliphatic heterocycles. The number of nitrogens with zero attached hydrogens (tertiary/aromatic N) is 3. The van der Waals surface area contributed by atoms with E-state index in [1.165, 1.54) is 44.3 Å². The fourth-order valence-electron chi connectivity index (χ4n) is 3.61. The summed E-state index contributed by atoms with van der Waals surface area (Å²) in [6.45, 7) is 2.84. The zero-order valence-electron chi connectivity index (χ0n) is 14.3. The van der Waals surface area contributed by atoms with E-state index in [9.17, 15) is 4.79 Å². The van der Waals surface area contributed by atoms with E-state index in [1.807, 2.05) is 6.20 Å². The van der Waals surface area contributed by atoms with Crippen molar-refractivity contribution in [2.24, 2.45) is 0 Å². The first-order valence-corrected chi connectivity index (χ1v) is 9.22. The van der Waals surface area contributed by atoms with Gasteiger partial charge in [0.1, 0.15) is 0 Å². The van der Waals surface area contributed by atoms with Gasteiger partial charge in [-0.15, -0.1) is 0 Å². The summed E-state index contributed by atoms with van der Waals surface area (Å²) in [4.78, 5) is 14.4. The Kier molecular flexibility index (Phi) is 5.70. The molecule has 5 nitrogen and oxygen atoms in total. The van der Waals surface area contributed by atoms with Crippen LogP contribution in [0.2, 0.25) is 0 Å². The molecule has 0 spiro atoms. The molecule has 0 aromatic carbocycles. The Morgan fingerprint density at radius 1 is 1.35 bits per heavy atom.